The number of hydrazine groups is 1. The van der Waals surface area contributed by atoms with E-state index in [4.69, 9.17) is 0 Å². The van der Waals surface area contributed by atoms with Crippen molar-refractivity contribution in [1.29, 1.82) is 0 Å². The average Bonchev–Trinajstić information content (AvgIpc) is 2.96. The summed E-state index contributed by atoms with van der Waals surface area (Å²) in [6.07, 6.45) is -3.88. The Balaban J connectivity index is 1.83. The highest BCUT2D eigenvalue weighted by molar-refractivity contribution is 5.97. The molecule has 114 valence electrons. The first-order valence-electron chi connectivity index (χ1n) is 6.63. The molecule has 0 radical (unpaired) electrons. The van der Waals surface area contributed by atoms with Crippen LogP contribution in [-0.4, -0.2) is 10.8 Å². The molecule has 2 aromatic rings. The first-order chi connectivity index (χ1) is 10.4. The summed E-state index contributed by atoms with van der Waals surface area (Å²) < 4.78 is 37.6. The molecule has 2 N–H and O–H groups in total. The van der Waals surface area contributed by atoms with Crippen molar-refractivity contribution in [3.63, 3.8) is 0 Å². The van der Waals surface area contributed by atoms with Crippen LogP contribution in [0.1, 0.15) is 28.6 Å². The Morgan fingerprint density at radius 2 is 1.95 bits per heavy atom. The molecule has 1 aromatic heterocycles. The van der Waals surface area contributed by atoms with Gasteiger partial charge < -0.3 is 5.43 Å². The highest BCUT2D eigenvalue weighted by Gasteiger charge is 2.31. The highest BCUT2D eigenvalue weighted by atomic mass is 19.4. The molecule has 1 aliphatic rings. The summed E-state index contributed by atoms with van der Waals surface area (Å²) >= 11 is 0. The van der Waals surface area contributed by atoms with Crippen LogP contribution in [0.5, 0.6) is 0 Å². The maximum absolute atomic E-state index is 12.5. The molecule has 7 heteroatoms. The van der Waals surface area contributed by atoms with Crippen molar-refractivity contribution in [2.24, 2.45) is 4.99 Å². The number of aryl methyl sites for hydroxylation is 1. The monoisotopic (exact) mass is 306 g/mol. The topological polar surface area (TPSA) is 49.3 Å². The number of nitrogens with zero attached hydrogens (tertiary/aromatic N) is 2. The predicted molar refractivity (Wildman–Crippen MR) is 76.0 cm³/mol. The van der Waals surface area contributed by atoms with Crippen LogP contribution in [-0.2, 0) is 6.18 Å². The molecule has 0 aliphatic carbocycles. The van der Waals surface area contributed by atoms with E-state index in [0.717, 1.165) is 23.4 Å². The molecule has 1 unspecified atom stereocenters. The zero-order chi connectivity index (χ0) is 15.7. The lowest BCUT2D eigenvalue weighted by Crippen LogP contribution is -2.32. The van der Waals surface area contributed by atoms with E-state index < -0.39 is 11.7 Å². The maximum Gasteiger partial charge on any atom is 0.417 e. The van der Waals surface area contributed by atoms with Crippen LogP contribution in [0, 0.1) is 6.92 Å². The Hall–Kier alpha value is -2.41. The number of benzene rings is 1. The molecule has 0 bridgehead atoms. The lowest BCUT2D eigenvalue weighted by molar-refractivity contribution is -0.137. The zero-order valence-corrected chi connectivity index (χ0v) is 11.6. The van der Waals surface area contributed by atoms with E-state index in [-0.39, 0.29) is 6.17 Å². The second-order valence-electron chi connectivity index (χ2n) is 4.99. The van der Waals surface area contributed by atoms with Crippen molar-refractivity contribution in [1.82, 2.24) is 15.8 Å². The minimum atomic E-state index is -4.39. The largest absolute Gasteiger partial charge is 0.417 e. The van der Waals surface area contributed by atoms with Crippen LogP contribution in [0.25, 0.3) is 0 Å². The van der Waals surface area contributed by atoms with Crippen molar-refractivity contribution >= 4 is 5.84 Å². The van der Waals surface area contributed by atoms with Gasteiger partial charge in [-0.2, -0.15) is 13.2 Å². The third-order valence-electron chi connectivity index (χ3n) is 3.28. The normalized spacial score (nSPS) is 18.0. The van der Waals surface area contributed by atoms with Gasteiger partial charge in [0.25, 0.3) is 0 Å². The number of nitrogens with one attached hydrogen (secondary N) is 2. The molecule has 2 heterocycles. The standard InChI is InChI=1S/C15H13F3N4/c1-9-3-2-4-10(7-9)13-20-14(22-21-13)12-6-5-11(8-19-12)15(16,17)18/h2-8,13,21H,1H3,(H,20,22). The van der Waals surface area contributed by atoms with Crippen LogP contribution in [0.3, 0.4) is 0 Å². The molecular formula is C15H13F3N4. The summed E-state index contributed by atoms with van der Waals surface area (Å²) in [6.45, 7) is 1.98. The number of hydrogen-bond acceptors (Lipinski definition) is 4. The number of aliphatic imine (C=N–C) groups is 1. The van der Waals surface area contributed by atoms with E-state index in [1.165, 1.54) is 6.07 Å². The van der Waals surface area contributed by atoms with Crippen molar-refractivity contribution in [2.75, 3.05) is 0 Å². The van der Waals surface area contributed by atoms with Crippen molar-refractivity contribution < 1.29 is 13.2 Å². The van der Waals surface area contributed by atoms with Gasteiger partial charge in [0.1, 0.15) is 11.9 Å². The number of hydrogen-bond donors (Lipinski definition) is 2. The van der Waals surface area contributed by atoms with Crippen LogP contribution in [0.15, 0.2) is 47.6 Å². The van der Waals surface area contributed by atoms with Gasteiger partial charge in [-0.25, -0.2) is 10.4 Å². The Labute approximate surface area is 125 Å². The Morgan fingerprint density at radius 1 is 1.14 bits per heavy atom. The number of aromatic nitrogens is 1. The van der Waals surface area contributed by atoms with Gasteiger partial charge in [-0.05, 0) is 24.6 Å². The second kappa shape index (κ2) is 5.42. The molecule has 3 rings (SSSR count). The van der Waals surface area contributed by atoms with Gasteiger partial charge >= 0.3 is 6.18 Å². The molecule has 0 amide bonds. The molecule has 1 atom stereocenters. The molecule has 1 aliphatic heterocycles. The molecule has 1 aromatic carbocycles. The molecular weight excluding hydrogens is 293 g/mol. The van der Waals surface area contributed by atoms with E-state index >= 15 is 0 Å². The molecule has 0 fully saturated rings. The summed E-state index contributed by atoms with van der Waals surface area (Å²) in [4.78, 5) is 8.23. The third-order valence-corrected chi connectivity index (χ3v) is 3.28. The van der Waals surface area contributed by atoms with E-state index in [9.17, 15) is 13.2 Å². The van der Waals surface area contributed by atoms with Crippen molar-refractivity contribution in [3.8, 4) is 0 Å². The lowest BCUT2D eigenvalue weighted by Gasteiger charge is -2.07. The lowest BCUT2D eigenvalue weighted by atomic mass is 10.1. The van der Waals surface area contributed by atoms with Gasteiger partial charge in [-0.1, -0.05) is 29.8 Å². The summed E-state index contributed by atoms with van der Waals surface area (Å²) in [6, 6.07) is 10.1. The van der Waals surface area contributed by atoms with E-state index in [1.54, 1.807) is 0 Å². The van der Waals surface area contributed by atoms with E-state index in [1.807, 2.05) is 31.2 Å². The SMILES string of the molecule is Cc1cccc(C2N=C(c3ccc(C(F)(F)F)cn3)NN2)c1. The summed E-state index contributed by atoms with van der Waals surface area (Å²) in [5.41, 5.74) is 7.48. The third kappa shape index (κ3) is 2.94. The molecule has 22 heavy (non-hydrogen) atoms. The van der Waals surface area contributed by atoms with Gasteiger partial charge in [0, 0.05) is 6.20 Å². The first-order valence-corrected chi connectivity index (χ1v) is 6.63. The molecule has 0 saturated carbocycles. The molecule has 0 saturated heterocycles. The summed E-state index contributed by atoms with van der Waals surface area (Å²) in [7, 11) is 0. The van der Waals surface area contributed by atoms with Gasteiger partial charge in [-0.15, -0.1) is 0 Å². The molecule has 0 spiro atoms. The Morgan fingerprint density at radius 3 is 2.59 bits per heavy atom. The van der Waals surface area contributed by atoms with Crippen LogP contribution in [0.4, 0.5) is 13.2 Å². The predicted octanol–water partition coefficient (Wildman–Crippen LogP) is 2.96. The van der Waals surface area contributed by atoms with Gasteiger partial charge in [-0.3, -0.25) is 4.98 Å². The molecule has 4 nitrogen and oxygen atoms in total. The number of rotatable bonds is 2. The number of pyridine rings is 1. The fourth-order valence-corrected chi connectivity index (χ4v) is 2.16. The second-order valence-corrected chi connectivity index (χ2v) is 4.99. The van der Waals surface area contributed by atoms with Crippen LogP contribution in [0.2, 0.25) is 0 Å². The Kier molecular flexibility index (Phi) is 3.58. The Bertz CT molecular complexity index is 707. The fraction of sp³-hybridized carbons (Fsp3) is 0.200. The van der Waals surface area contributed by atoms with Crippen LogP contribution < -0.4 is 10.9 Å². The first kappa shape index (κ1) is 14.5. The van der Waals surface area contributed by atoms with E-state index in [0.29, 0.717) is 11.5 Å². The van der Waals surface area contributed by atoms with Crippen molar-refractivity contribution in [2.45, 2.75) is 19.3 Å². The van der Waals surface area contributed by atoms with Gasteiger partial charge in [0.05, 0.1) is 5.56 Å². The fourth-order valence-electron chi connectivity index (χ4n) is 2.16. The van der Waals surface area contributed by atoms with Gasteiger partial charge in [0.15, 0.2) is 5.84 Å². The van der Waals surface area contributed by atoms with Gasteiger partial charge in [0.2, 0.25) is 0 Å². The number of amidine groups is 1. The van der Waals surface area contributed by atoms with Crippen LogP contribution >= 0.6 is 0 Å². The number of halogens is 3. The van der Waals surface area contributed by atoms with E-state index in [2.05, 4.69) is 20.8 Å². The summed E-state index contributed by atoms with van der Waals surface area (Å²) in [5.74, 6) is 0.417. The van der Waals surface area contributed by atoms with Crippen molar-refractivity contribution in [3.05, 3.63) is 65.0 Å². The zero-order valence-electron chi connectivity index (χ0n) is 11.6. The smallest absolute Gasteiger partial charge is 0.302 e. The average molecular weight is 306 g/mol. The minimum absolute atomic E-state index is 0.293. The summed E-state index contributed by atoms with van der Waals surface area (Å²) in [5, 5.41) is 0. The maximum atomic E-state index is 12.5. The number of alkyl halides is 3. The highest BCUT2D eigenvalue weighted by Crippen LogP contribution is 2.28. The minimum Gasteiger partial charge on any atom is -0.302 e. The quantitative estimate of drug-likeness (QED) is 0.897.